The molecule has 176 valence electrons. The number of primary amides is 1. The minimum Gasteiger partial charge on any atom is -0.466 e. The SMILES string of the molecule is COC(=O)C1=C(C)N(c2cccc(C(F)(F)F)c2)C(=[N-])N(C(N)=O)C1c1ccc(C#N)cc1Br. The molecule has 2 aromatic carbocycles. The number of guanidine groups is 1. The van der Waals surface area contributed by atoms with Crippen LogP contribution in [0.5, 0.6) is 0 Å². The standard InChI is InChI=1S/C22H16BrF3N5O3/c1-11-17(19(32)34-2)18(15-7-6-12(10-27)8-16(15)23)31(21(29)33)20(28)30(11)14-5-3-4-13(9-14)22(24,25)26/h3-9,18H,1-2H3,(H2,29,33)/q-1. The molecular formula is C22H16BrF3N5O3-. The van der Waals surface area contributed by atoms with E-state index in [-0.39, 0.29) is 28.1 Å². The molecule has 3 rings (SSSR count). The van der Waals surface area contributed by atoms with Crippen molar-refractivity contribution < 1.29 is 27.5 Å². The van der Waals surface area contributed by atoms with Gasteiger partial charge in [0.1, 0.15) is 0 Å². The number of nitrogens with two attached hydrogens (primary N) is 1. The second-order valence-electron chi connectivity index (χ2n) is 7.13. The summed E-state index contributed by atoms with van der Waals surface area (Å²) in [6.45, 7) is 1.38. The first-order valence-electron chi connectivity index (χ1n) is 9.53. The molecule has 1 aliphatic rings. The van der Waals surface area contributed by atoms with Crippen molar-refractivity contribution in [3.63, 3.8) is 0 Å². The van der Waals surface area contributed by atoms with Gasteiger partial charge in [0.15, 0.2) is 0 Å². The predicted octanol–water partition coefficient (Wildman–Crippen LogP) is 4.65. The minimum absolute atomic E-state index is 0.00225. The lowest BCUT2D eigenvalue weighted by atomic mass is 9.92. The lowest BCUT2D eigenvalue weighted by Crippen LogP contribution is -2.55. The minimum atomic E-state index is -4.68. The van der Waals surface area contributed by atoms with Crippen LogP contribution < -0.4 is 10.6 Å². The smallest absolute Gasteiger partial charge is 0.416 e. The van der Waals surface area contributed by atoms with Crippen molar-refractivity contribution in [2.45, 2.75) is 19.1 Å². The number of rotatable bonds is 3. The number of nitriles is 1. The van der Waals surface area contributed by atoms with Gasteiger partial charge in [0.2, 0.25) is 0 Å². The van der Waals surface area contributed by atoms with Crippen LogP contribution in [0.15, 0.2) is 58.2 Å². The average molecular weight is 535 g/mol. The van der Waals surface area contributed by atoms with Gasteiger partial charge in [-0.3, -0.25) is 4.79 Å². The first-order chi connectivity index (χ1) is 15.9. The van der Waals surface area contributed by atoms with Crippen LogP contribution in [0.3, 0.4) is 0 Å². The van der Waals surface area contributed by atoms with Gasteiger partial charge in [-0.1, -0.05) is 34.1 Å². The Morgan fingerprint density at radius 2 is 1.91 bits per heavy atom. The average Bonchev–Trinajstić information content (AvgIpc) is 2.77. The number of carbonyl (C=O) groups excluding carboxylic acids is 2. The van der Waals surface area contributed by atoms with Gasteiger partial charge in [0.05, 0.1) is 35.9 Å². The van der Waals surface area contributed by atoms with E-state index >= 15 is 0 Å². The number of nitrogens with zero attached hydrogens (tertiary/aromatic N) is 4. The maximum atomic E-state index is 13.3. The molecule has 0 saturated carbocycles. The van der Waals surface area contributed by atoms with Gasteiger partial charge >= 0.3 is 12.1 Å². The normalized spacial score (nSPS) is 16.4. The Morgan fingerprint density at radius 1 is 1.24 bits per heavy atom. The zero-order chi connectivity index (χ0) is 25.4. The number of alkyl halides is 3. The summed E-state index contributed by atoms with van der Waals surface area (Å²) in [4.78, 5) is 26.9. The zero-order valence-electron chi connectivity index (χ0n) is 17.7. The fourth-order valence-corrected chi connectivity index (χ4v) is 4.25. The van der Waals surface area contributed by atoms with E-state index < -0.39 is 35.7 Å². The van der Waals surface area contributed by atoms with Crippen molar-refractivity contribution in [3.05, 3.63) is 80.3 Å². The number of methoxy groups -OCH3 is 1. The molecule has 0 aliphatic carbocycles. The molecule has 0 saturated heterocycles. The Balaban J connectivity index is 2.32. The van der Waals surface area contributed by atoms with E-state index in [4.69, 9.17) is 15.7 Å². The van der Waals surface area contributed by atoms with Gasteiger partial charge in [0, 0.05) is 10.4 Å². The summed E-state index contributed by atoms with van der Waals surface area (Å²) in [6.07, 6.45) is -4.68. The van der Waals surface area contributed by atoms with Gasteiger partial charge in [-0.2, -0.15) is 18.4 Å². The number of hydrogen-bond acceptors (Lipinski definition) is 4. The highest BCUT2D eigenvalue weighted by atomic mass is 79.9. The highest BCUT2D eigenvalue weighted by Crippen LogP contribution is 2.42. The number of hydrogen-bond donors (Lipinski definition) is 1. The van der Waals surface area contributed by atoms with Crippen LogP contribution in [0.25, 0.3) is 5.41 Å². The number of carbonyl (C=O) groups is 2. The maximum Gasteiger partial charge on any atom is 0.416 e. The van der Waals surface area contributed by atoms with Crippen LogP contribution in [-0.2, 0) is 15.7 Å². The van der Waals surface area contributed by atoms with Crippen molar-refractivity contribution in [3.8, 4) is 6.07 Å². The summed E-state index contributed by atoms with van der Waals surface area (Å²) in [5, 5.41) is 20.2. The molecule has 1 aliphatic heterocycles. The van der Waals surface area contributed by atoms with E-state index in [2.05, 4.69) is 15.9 Å². The Morgan fingerprint density at radius 3 is 2.44 bits per heavy atom. The van der Waals surface area contributed by atoms with Crippen molar-refractivity contribution in [2.75, 3.05) is 12.0 Å². The second kappa shape index (κ2) is 9.18. The third-order valence-corrected chi connectivity index (χ3v) is 5.86. The lowest BCUT2D eigenvalue weighted by Gasteiger charge is -2.50. The summed E-state index contributed by atoms with van der Waals surface area (Å²) in [5.41, 5.74) is 4.74. The number of benzene rings is 2. The number of esters is 1. The highest BCUT2D eigenvalue weighted by molar-refractivity contribution is 9.10. The van der Waals surface area contributed by atoms with E-state index in [0.29, 0.717) is 9.37 Å². The Bertz CT molecular complexity index is 1270. The first-order valence-corrected chi connectivity index (χ1v) is 10.3. The lowest BCUT2D eigenvalue weighted by molar-refractivity contribution is -0.138. The van der Waals surface area contributed by atoms with Gasteiger partial charge in [-0.15, -0.1) is 0 Å². The van der Waals surface area contributed by atoms with Crippen LogP contribution in [0.1, 0.15) is 29.7 Å². The van der Waals surface area contributed by atoms with Crippen molar-refractivity contribution in [1.82, 2.24) is 4.90 Å². The predicted molar refractivity (Wildman–Crippen MR) is 120 cm³/mol. The fourth-order valence-electron chi connectivity index (χ4n) is 3.66. The Labute approximate surface area is 200 Å². The third kappa shape index (κ3) is 4.34. The molecule has 2 amide bonds. The quantitative estimate of drug-likeness (QED) is 0.574. The molecule has 1 unspecified atom stereocenters. The Hall–Kier alpha value is -3.85. The van der Waals surface area contributed by atoms with Crippen LogP contribution >= 0.6 is 15.9 Å². The summed E-state index contributed by atoms with van der Waals surface area (Å²) in [5.74, 6) is -1.73. The van der Waals surface area contributed by atoms with Crippen molar-refractivity contribution in [2.24, 2.45) is 5.73 Å². The largest absolute Gasteiger partial charge is 0.466 e. The van der Waals surface area contributed by atoms with Crippen molar-refractivity contribution in [1.29, 1.82) is 5.26 Å². The number of urea groups is 1. The molecule has 1 heterocycles. The molecular weight excluding hydrogens is 519 g/mol. The van der Waals surface area contributed by atoms with E-state index in [1.165, 1.54) is 31.2 Å². The number of amides is 2. The van der Waals surface area contributed by atoms with Crippen LogP contribution in [-0.4, -0.2) is 30.0 Å². The number of ether oxygens (including phenoxy) is 1. The van der Waals surface area contributed by atoms with E-state index in [0.717, 1.165) is 30.2 Å². The molecule has 34 heavy (non-hydrogen) atoms. The highest BCUT2D eigenvalue weighted by Gasteiger charge is 2.39. The zero-order valence-corrected chi connectivity index (χ0v) is 19.3. The number of anilines is 1. The maximum absolute atomic E-state index is 13.3. The molecule has 12 heteroatoms. The molecule has 0 fully saturated rings. The van der Waals surface area contributed by atoms with Gasteiger partial charge in [0.25, 0.3) is 6.03 Å². The second-order valence-corrected chi connectivity index (χ2v) is 7.99. The summed E-state index contributed by atoms with van der Waals surface area (Å²) in [6, 6.07) is 7.75. The van der Waals surface area contributed by atoms with Crippen molar-refractivity contribution >= 4 is 39.6 Å². The first kappa shape index (κ1) is 24.8. The molecule has 1 atom stereocenters. The molecule has 0 bridgehead atoms. The van der Waals surface area contributed by atoms with Gasteiger partial charge < -0.3 is 25.7 Å². The third-order valence-electron chi connectivity index (χ3n) is 5.17. The van der Waals surface area contributed by atoms with E-state index in [9.17, 15) is 28.2 Å². The van der Waals surface area contributed by atoms with Gasteiger partial charge in [-0.25, -0.2) is 4.79 Å². The Kier molecular flexibility index (Phi) is 6.70. The fraction of sp³-hybridized carbons (Fsp3) is 0.182. The summed E-state index contributed by atoms with van der Waals surface area (Å²) in [7, 11) is 1.09. The van der Waals surface area contributed by atoms with Crippen LogP contribution in [0.2, 0.25) is 0 Å². The monoisotopic (exact) mass is 534 g/mol. The number of halogens is 4. The number of allylic oxidation sites excluding steroid dienone is 1. The van der Waals surface area contributed by atoms with Crippen LogP contribution in [0, 0.1) is 11.3 Å². The van der Waals surface area contributed by atoms with E-state index in [1.807, 2.05) is 6.07 Å². The molecule has 2 aromatic rings. The molecule has 0 radical (unpaired) electrons. The topological polar surface area (TPSA) is 122 Å². The molecule has 2 N–H and O–H groups in total. The van der Waals surface area contributed by atoms with E-state index in [1.54, 1.807) is 0 Å². The molecule has 0 aromatic heterocycles. The molecule has 0 spiro atoms. The van der Waals surface area contributed by atoms with Crippen LogP contribution in [0.4, 0.5) is 23.7 Å². The summed E-state index contributed by atoms with van der Waals surface area (Å²) < 4.78 is 45.1. The summed E-state index contributed by atoms with van der Waals surface area (Å²) >= 11 is 3.30. The molecule has 8 nitrogen and oxygen atoms in total. The van der Waals surface area contributed by atoms with Gasteiger partial charge in [-0.05, 0) is 48.1 Å².